The minimum absolute atomic E-state index is 0.146. The number of ether oxygens (including phenoxy) is 1. The Labute approximate surface area is 208 Å². The van der Waals surface area contributed by atoms with Crippen molar-refractivity contribution in [1.82, 2.24) is 4.57 Å². The van der Waals surface area contributed by atoms with E-state index >= 15 is 0 Å². The third kappa shape index (κ3) is 5.70. The third-order valence-corrected chi connectivity index (χ3v) is 8.01. The van der Waals surface area contributed by atoms with Crippen LogP contribution in [0.25, 0.3) is 10.2 Å². The number of nitrogens with zero attached hydrogens (tertiary/aromatic N) is 2. The number of hydrogen-bond donors (Lipinski definition) is 1. The van der Waals surface area contributed by atoms with E-state index in [2.05, 4.69) is 35.7 Å². The van der Waals surface area contributed by atoms with Crippen LogP contribution >= 0.6 is 11.3 Å². The minimum Gasteiger partial charge on any atom is -0.380 e. The Bertz CT molecular complexity index is 1540. The molecule has 4 aromatic rings. The van der Waals surface area contributed by atoms with Crippen LogP contribution in [-0.2, 0) is 21.3 Å². The predicted molar refractivity (Wildman–Crippen MR) is 139 cm³/mol. The van der Waals surface area contributed by atoms with Gasteiger partial charge in [-0.1, -0.05) is 35.6 Å². The Morgan fingerprint density at radius 2 is 1.77 bits per heavy atom. The highest BCUT2D eigenvalue weighted by Crippen LogP contribution is 2.22. The molecule has 0 radical (unpaired) electrons. The molecule has 1 N–H and O–H groups in total. The van der Waals surface area contributed by atoms with Gasteiger partial charge in [-0.25, -0.2) is 8.42 Å². The van der Waals surface area contributed by atoms with Gasteiger partial charge in [0.05, 0.1) is 21.7 Å². The number of thiazole rings is 1. The largest absolute Gasteiger partial charge is 0.380 e. The minimum atomic E-state index is -3.77. The van der Waals surface area contributed by atoms with Crippen molar-refractivity contribution in [2.24, 2.45) is 4.99 Å². The van der Waals surface area contributed by atoms with Crippen LogP contribution in [0.2, 0.25) is 0 Å². The SMILES string of the molecule is CCOCCn1c(=NC(=O)c2cccc(NS(=O)(=O)c3ccccc3)c2)sc2cc(C)c(C)cc21. The molecule has 1 heterocycles. The lowest BCUT2D eigenvalue weighted by Gasteiger charge is -2.09. The van der Waals surface area contributed by atoms with Gasteiger partial charge < -0.3 is 9.30 Å². The molecule has 1 aromatic heterocycles. The highest BCUT2D eigenvalue weighted by atomic mass is 32.2. The Hall–Kier alpha value is -3.27. The number of aryl methyl sites for hydroxylation is 2. The summed E-state index contributed by atoms with van der Waals surface area (Å²) in [5, 5.41) is 0. The smallest absolute Gasteiger partial charge is 0.279 e. The summed E-state index contributed by atoms with van der Waals surface area (Å²) in [6.07, 6.45) is 0. The van der Waals surface area contributed by atoms with Crippen molar-refractivity contribution in [2.45, 2.75) is 32.2 Å². The van der Waals surface area contributed by atoms with E-state index in [1.165, 1.54) is 35.1 Å². The number of aromatic nitrogens is 1. The molecular formula is C26H27N3O4S2. The second-order valence-corrected chi connectivity index (χ2v) is 10.7. The topological polar surface area (TPSA) is 89.8 Å². The number of rotatable bonds is 8. The van der Waals surface area contributed by atoms with Crippen molar-refractivity contribution in [3.05, 3.63) is 88.2 Å². The van der Waals surface area contributed by atoms with Gasteiger partial charge in [0, 0.05) is 24.4 Å². The maximum atomic E-state index is 13.1. The summed E-state index contributed by atoms with van der Waals surface area (Å²) >= 11 is 1.45. The van der Waals surface area contributed by atoms with Gasteiger partial charge >= 0.3 is 0 Å². The predicted octanol–water partition coefficient (Wildman–Crippen LogP) is 4.90. The van der Waals surface area contributed by atoms with Crippen molar-refractivity contribution >= 4 is 43.2 Å². The van der Waals surface area contributed by atoms with E-state index < -0.39 is 15.9 Å². The first-order valence-electron chi connectivity index (χ1n) is 11.2. The summed E-state index contributed by atoms with van der Waals surface area (Å²) in [6.45, 7) is 7.74. The van der Waals surface area contributed by atoms with Crippen molar-refractivity contribution in [3.8, 4) is 0 Å². The number of benzene rings is 3. The number of hydrogen-bond acceptors (Lipinski definition) is 5. The average Bonchev–Trinajstić information content (AvgIpc) is 3.15. The summed E-state index contributed by atoms with van der Waals surface area (Å²) < 4.78 is 36.5. The van der Waals surface area contributed by atoms with Gasteiger partial charge in [0.1, 0.15) is 0 Å². The average molecular weight is 510 g/mol. The number of anilines is 1. The highest BCUT2D eigenvalue weighted by Gasteiger charge is 2.15. The standard InChI is InChI=1S/C26H27N3O4S2/c1-4-33-14-13-29-23-15-18(2)19(3)16-24(23)34-26(29)27-25(30)20-9-8-10-21(17-20)28-35(31,32)22-11-6-5-7-12-22/h5-12,15-17,28H,4,13-14H2,1-3H3. The molecule has 3 aromatic carbocycles. The van der Waals surface area contributed by atoms with Crippen molar-refractivity contribution in [1.29, 1.82) is 0 Å². The number of amides is 1. The molecule has 0 unspecified atom stereocenters. The molecular weight excluding hydrogens is 482 g/mol. The Balaban J connectivity index is 1.68. The maximum absolute atomic E-state index is 13.1. The quantitative estimate of drug-likeness (QED) is 0.342. The maximum Gasteiger partial charge on any atom is 0.279 e. The van der Waals surface area contributed by atoms with E-state index in [4.69, 9.17) is 4.74 Å². The summed E-state index contributed by atoms with van der Waals surface area (Å²) in [6, 6.07) is 18.6. The number of nitrogens with one attached hydrogen (secondary N) is 1. The van der Waals surface area contributed by atoms with Crippen molar-refractivity contribution < 1.29 is 17.9 Å². The van der Waals surface area contributed by atoms with Crippen molar-refractivity contribution in [3.63, 3.8) is 0 Å². The van der Waals surface area contributed by atoms with Crippen LogP contribution in [0, 0.1) is 13.8 Å². The molecule has 0 saturated heterocycles. The highest BCUT2D eigenvalue weighted by molar-refractivity contribution is 7.92. The summed E-state index contributed by atoms with van der Waals surface area (Å²) in [5.41, 5.74) is 3.93. The lowest BCUT2D eigenvalue weighted by Crippen LogP contribution is -2.20. The molecule has 182 valence electrons. The zero-order chi connectivity index (χ0) is 25.0. The molecule has 0 spiro atoms. The van der Waals surface area contributed by atoms with E-state index in [0.717, 1.165) is 15.8 Å². The molecule has 0 aliphatic heterocycles. The number of carbonyl (C=O) groups excluding carboxylic acids is 1. The van der Waals surface area contributed by atoms with Gasteiger partial charge in [0.15, 0.2) is 4.80 Å². The monoisotopic (exact) mass is 509 g/mol. The van der Waals surface area contributed by atoms with Gasteiger partial charge in [-0.15, -0.1) is 0 Å². The van der Waals surface area contributed by atoms with Crippen LogP contribution in [0.1, 0.15) is 28.4 Å². The molecule has 7 nitrogen and oxygen atoms in total. The molecule has 0 aliphatic rings. The van der Waals surface area contributed by atoms with E-state index in [9.17, 15) is 13.2 Å². The van der Waals surface area contributed by atoms with Crippen LogP contribution in [0.4, 0.5) is 5.69 Å². The van der Waals surface area contributed by atoms with E-state index in [1.807, 2.05) is 11.5 Å². The van der Waals surface area contributed by atoms with Gasteiger partial charge in [-0.2, -0.15) is 4.99 Å². The fraction of sp³-hybridized carbons (Fsp3) is 0.231. The Morgan fingerprint density at radius 3 is 2.51 bits per heavy atom. The number of fused-ring (bicyclic) bond motifs is 1. The summed E-state index contributed by atoms with van der Waals surface area (Å²) in [5.74, 6) is -0.448. The van der Waals surface area contributed by atoms with E-state index in [-0.39, 0.29) is 4.90 Å². The molecule has 0 fully saturated rings. The van der Waals surface area contributed by atoms with Gasteiger partial charge in [0.25, 0.3) is 15.9 Å². The molecule has 0 bridgehead atoms. The normalized spacial score (nSPS) is 12.3. The summed E-state index contributed by atoms with van der Waals surface area (Å²) in [4.78, 5) is 18.2. The van der Waals surface area contributed by atoms with Crippen LogP contribution in [0.3, 0.4) is 0 Å². The van der Waals surface area contributed by atoms with E-state index in [0.29, 0.717) is 35.8 Å². The first-order valence-corrected chi connectivity index (χ1v) is 13.5. The fourth-order valence-corrected chi connectivity index (χ4v) is 5.81. The second kappa shape index (κ2) is 10.6. The number of sulfonamides is 1. The summed E-state index contributed by atoms with van der Waals surface area (Å²) in [7, 11) is -3.77. The molecule has 1 amide bonds. The van der Waals surface area contributed by atoms with Crippen LogP contribution in [0.15, 0.2) is 76.6 Å². The Morgan fingerprint density at radius 1 is 1.03 bits per heavy atom. The van der Waals surface area contributed by atoms with Crippen LogP contribution < -0.4 is 9.52 Å². The molecule has 9 heteroatoms. The number of carbonyl (C=O) groups is 1. The fourth-order valence-electron chi connectivity index (χ4n) is 3.60. The van der Waals surface area contributed by atoms with Gasteiger partial charge in [-0.3, -0.25) is 9.52 Å². The Kier molecular flexibility index (Phi) is 7.49. The van der Waals surface area contributed by atoms with E-state index in [1.54, 1.807) is 36.4 Å². The molecule has 0 saturated carbocycles. The second-order valence-electron chi connectivity index (χ2n) is 8.05. The molecule has 35 heavy (non-hydrogen) atoms. The first kappa shape index (κ1) is 24.8. The van der Waals surface area contributed by atoms with Crippen LogP contribution in [-0.4, -0.2) is 32.1 Å². The molecule has 4 rings (SSSR count). The van der Waals surface area contributed by atoms with Gasteiger partial charge in [-0.05, 0) is 74.4 Å². The van der Waals surface area contributed by atoms with Gasteiger partial charge in [0.2, 0.25) is 0 Å². The first-order chi connectivity index (χ1) is 16.8. The molecule has 0 atom stereocenters. The molecule has 0 aliphatic carbocycles. The third-order valence-electron chi connectivity index (χ3n) is 5.57. The van der Waals surface area contributed by atoms with Crippen molar-refractivity contribution in [2.75, 3.05) is 17.9 Å². The zero-order valence-electron chi connectivity index (χ0n) is 19.8. The van der Waals surface area contributed by atoms with Crippen LogP contribution in [0.5, 0.6) is 0 Å². The lowest BCUT2D eigenvalue weighted by atomic mass is 10.1. The zero-order valence-corrected chi connectivity index (χ0v) is 21.4. The lowest BCUT2D eigenvalue weighted by molar-refractivity contribution is 0.0996.